The summed E-state index contributed by atoms with van der Waals surface area (Å²) in [4.78, 5) is 17.4. The predicted molar refractivity (Wildman–Crippen MR) is 195 cm³/mol. The monoisotopic (exact) mass is 731 g/mol. The van der Waals surface area contributed by atoms with E-state index in [0.717, 1.165) is 64.4 Å². The molecule has 1 amide bonds. The molecule has 1 aliphatic rings. The molecule has 0 radical (unpaired) electrons. The van der Waals surface area contributed by atoms with Crippen molar-refractivity contribution < 1.29 is 23.4 Å². The number of carbonyl (C=O) groups excluding carboxylic acids is 1. The lowest BCUT2D eigenvalue weighted by Gasteiger charge is -2.39. The lowest BCUT2D eigenvalue weighted by atomic mass is 10.1. The van der Waals surface area contributed by atoms with Gasteiger partial charge < -0.3 is 29.3 Å². The number of halogens is 1. The molecule has 2 aromatic heterocycles. The van der Waals surface area contributed by atoms with Crippen molar-refractivity contribution in [1.82, 2.24) is 20.1 Å². The fourth-order valence-electron chi connectivity index (χ4n) is 5.11. The maximum absolute atomic E-state index is 12.3. The minimum Gasteiger partial charge on any atom is -0.491 e. The van der Waals surface area contributed by atoms with Crippen molar-refractivity contribution >= 4 is 47.1 Å². The fourth-order valence-corrected chi connectivity index (χ4v) is 7.04. The molecule has 3 aromatic rings. The summed E-state index contributed by atoms with van der Waals surface area (Å²) in [6.45, 7) is 23.1. The Labute approximate surface area is 289 Å². The second-order valence-corrected chi connectivity index (χ2v) is 20.8. The number of pyridine rings is 1. The zero-order valence-corrected chi connectivity index (χ0v) is 32.4. The molecule has 1 fully saturated rings. The van der Waals surface area contributed by atoms with Gasteiger partial charge in [0.25, 0.3) is 0 Å². The molecular formula is C35H54BrN5O5Si. The summed E-state index contributed by atoms with van der Waals surface area (Å²) in [7, 11) is -2.12. The highest BCUT2D eigenvalue weighted by Gasteiger charge is 2.39. The number of benzene rings is 1. The number of ether oxygens (including phenoxy) is 3. The average molecular weight is 733 g/mol. The van der Waals surface area contributed by atoms with Gasteiger partial charge in [-0.05, 0) is 99.7 Å². The number of alkyl carbamates (subject to hydrolysis) is 1. The molecule has 0 saturated carbocycles. The van der Waals surface area contributed by atoms with Gasteiger partial charge in [-0.2, -0.15) is 5.10 Å². The summed E-state index contributed by atoms with van der Waals surface area (Å²) in [5, 5.41) is 12.4. The van der Waals surface area contributed by atoms with Crippen LogP contribution in [0.15, 0.2) is 34.9 Å². The van der Waals surface area contributed by atoms with E-state index in [1.54, 1.807) is 0 Å². The maximum atomic E-state index is 12.3. The van der Waals surface area contributed by atoms with Crippen molar-refractivity contribution in [2.75, 3.05) is 31.7 Å². The Kier molecular flexibility index (Phi) is 12.1. The van der Waals surface area contributed by atoms with Crippen molar-refractivity contribution in [2.45, 2.75) is 117 Å². The Balaban J connectivity index is 1.57. The Hall–Kier alpha value is -2.67. The highest BCUT2D eigenvalue weighted by molar-refractivity contribution is 9.10. The van der Waals surface area contributed by atoms with Crippen LogP contribution in [0.4, 0.5) is 10.5 Å². The number of aromatic nitrogens is 3. The zero-order chi connectivity index (χ0) is 34.6. The van der Waals surface area contributed by atoms with E-state index in [2.05, 4.69) is 86.4 Å². The van der Waals surface area contributed by atoms with Gasteiger partial charge in [-0.25, -0.2) is 14.5 Å². The molecule has 3 heterocycles. The van der Waals surface area contributed by atoms with Gasteiger partial charge in [-0.1, -0.05) is 32.9 Å². The van der Waals surface area contributed by atoms with Gasteiger partial charge >= 0.3 is 6.09 Å². The third-order valence-electron chi connectivity index (χ3n) is 8.67. The first-order valence-electron chi connectivity index (χ1n) is 16.7. The van der Waals surface area contributed by atoms with Crippen LogP contribution >= 0.6 is 15.9 Å². The number of hydrogen-bond acceptors (Lipinski definition) is 8. The number of fused-ring (bicyclic) bond motifs is 1. The van der Waals surface area contributed by atoms with Crippen molar-refractivity contribution in [3.05, 3.63) is 34.9 Å². The Morgan fingerprint density at radius 1 is 1.13 bits per heavy atom. The van der Waals surface area contributed by atoms with E-state index in [0.29, 0.717) is 19.1 Å². The second-order valence-electron chi connectivity index (χ2n) is 15.3. The summed E-state index contributed by atoms with van der Waals surface area (Å²) < 4.78 is 27.0. The van der Waals surface area contributed by atoms with Crippen molar-refractivity contribution in [1.29, 1.82) is 0 Å². The molecule has 260 valence electrons. The number of rotatable bonds is 12. The van der Waals surface area contributed by atoms with Crippen molar-refractivity contribution in [3.8, 4) is 17.0 Å². The Morgan fingerprint density at radius 2 is 1.83 bits per heavy atom. The summed E-state index contributed by atoms with van der Waals surface area (Å²) in [6, 6.07) is 10.6. The number of anilines is 1. The predicted octanol–water partition coefficient (Wildman–Crippen LogP) is 8.72. The smallest absolute Gasteiger partial charge is 0.407 e. The first kappa shape index (κ1) is 37.2. The van der Waals surface area contributed by atoms with Crippen LogP contribution in [0.3, 0.4) is 0 Å². The molecule has 0 bridgehead atoms. The number of amides is 1. The van der Waals surface area contributed by atoms with Gasteiger partial charge in [-0.3, -0.25) is 0 Å². The molecule has 1 aliphatic heterocycles. The SMILES string of the molecule is CC(C)n1nc(Br)c2c(NC3CCOCC3)cc(-c3cccc(OCC(CCOC(=O)NC(C)(C)C)O[Si](C)(C)C(C)(C)C)c3)nc21. The van der Waals surface area contributed by atoms with Gasteiger partial charge in [0.15, 0.2) is 14.0 Å². The van der Waals surface area contributed by atoms with Crippen LogP contribution in [-0.2, 0) is 13.9 Å². The van der Waals surface area contributed by atoms with Crippen LogP contribution in [0.5, 0.6) is 5.75 Å². The zero-order valence-electron chi connectivity index (χ0n) is 29.8. The van der Waals surface area contributed by atoms with Gasteiger partial charge in [0, 0.05) is 42.8 Å². The number of carbonyl (C=O) groups is 1. The minimum absolute atomic E-state index is 0.0217. The molecular weight excluding hydrogens is 678 g/mol. The quantitative estimate of drug-likeness (QED) is 0.178. The van der Waals surface area contributed by atoms with E-state index in [-0.39, 0.29) is 29.3 Å². The van der Waals surface area contributed by atoms with Crippen LogP contribution in [0.25, 0.3) is 22.3 Å². The number of nitrogens with one attached hydrogen (secondary N) is 2. The molecule has 47 heavy (non-hydrogen) atoms. The van der Waals surface area contributed by atoms with E-state index < -0.39 is 14.4 Å². The van der Waals surface area contributed by atoms with Crippen LogP contribution in [0.2, 0.25) is 18.1 Å². The van der Waals surface area contributed by atoms with Crippen LogP contribution < -0.4 is 15.4 Å². The minimum atomic E-state index is -2.12. The molecule has 1 unspecified atom stereocenters. The third-order valence-corrected chi connectivity index (χ3v) is 13.8. The second kappa shape index (κ2) is 15.3. The molecule has 1 atom stereocenters. The standard InChI is InChI=1S/C35H54BrN5O5Si/c1-23(2)41-32-30(31(36)40-41)29(37-25-14-17-43-18-15-25)21-28(38-32)24-12-11-13-26(20-24)45-22-27(46-47(9,10)35(6,7)8)16-19-44-33(42)39-34(3,4)5/h11-13,20-21,23,25,27H,14-19,22H2,1-10H3,(H,37,38)(H,39,42). The molecule has 2 N–H and O–H groups in total. The van der Waals surface area contributed by atoms with Gasteiger partial charge in [0.1, 0.15) is 17.0 Å². The summed E-state index contributed by atoms with van der Waals surface area (Å²) >= 11 is 3.70. The average Bonchev–Trinajstić information content (AvgIpc) is 3.31. The maximum Gasteiger partial charge on any atom is 0.407 e. The van der Waals surface area contributed by atoms with Crippen LogP contribution in [0.1, 0.15) is 80.7 Å². The normalized spacial score (nSPS) is 15.6. The van der Waals surface area contributed by atoms with Gasteiger partial charge in [0.05, 0.1) is 29.5 Å². The topological polar surface area (TPSA) is 109 Å². The largest absolute Gasteiger partial charge is 0.491 e. The van der Waals surface area contributed by atoms with Crippen molar-refractivity contribution in [2.24, 2.45) is 0 Å². The fraction of sp³-hybridized carbons (Fsp3) is 0.629. The number of hydrogen-bond donors (Lipinski definition) is 2. The lowest BCUT2D eigenvalue weighted by Crippen LogP contribution is -2.46. The molecule has 0 aliphatic carbocycles. The highest BCUT2D eigenvalue weighted by Crippen LogP contribution is 2.38. The van der Waals surface area contributed by atoms with E-state index >= 15 is 0 Å². The van der Waals surface area contributed by atoms with E-state index in [1.165, 1.54) is 0 Å². The van der Waals surface area contributed by atoms with Crippen LogP contribution in [-0.4, -0.2) is 73.3 Å². The van der Waals surface area contributed by atoms with E-state index in [4.69, 9.17) is 28.7 Å². The molecule has 12 heteroatoms. The van der Waals surface area contributed by atoms with Gasteiger partial charge in [-0.15, -0.1) is 0 Å². The first-order valence-corrected chi connectivity index (χ1v) is 20.4. The van der Waals surface area contributed by atoms with Gasteiger partial charge in [0.2, 0.25) is 0 Å². The molecule has 1 aromatic carbocycles. The Morgan fingerprint density at radius 3 is 2.47 bits per heavy atom. The molecule has 10 nitrogen and oxygen atoms in total. The van der Waals surface area contributed by atoms with Crippen molar-refractivity contribution in [3.63, 3.8) is 0 Å². The third kappa shape index (κ3) is 10.2. The van der Waals surface area contributed by atoms with E-state index in [9.17, 15) is 4.79 Å². The summed E-state index contributed by atoms with van der Waals surface area (Å²) in [6.07, 6.45) is 1.74. The van der Waals surface area contributed by atoms with Crippen LogP contribution in [0, 0.1) is 0 Å². The summed E-state index contributed by atoms with van der Waals surface area (Å²) in [5.41, 5.74) is 3.23. The molecule has 4 rings (SSSR count). The van der Waals surface area contributed by atoms with E-state index in [1.807, 2.05) is 43.7 Å². The number of nitrogens with zero attached hydrogens (tertiary/aromatic N) is 3. The first-order chi connectivity index (χ1) is 21.9. The summed E-state index contributed by atoms with van der Waals surface area (Å²) in [5.74, 6) is 0.720. The Bertz CT molecular complexity index is 1510. The lowest BCUT2D eigenvalue weighted by molar-refractivity contribution is 0.0766. The molecule has 1 saturated heterocycles. The molecule has 0 spiro atoms. The highest BCUT2D eigenvalue weighted by atomic mass is 79.9.